The molecule has 0 radical (unpaired) electrons. The Kier molecular flexibility index (Phi) is 6.45. The number of ether oxygens (including phenoxy) is 1. The summed E-state index contributed by atoms with van der Waals surface area (Å²) in [6.45, 7) is 2.36. The molecule has 7 nitrogen and oxygen atoms in total. The van der Waals surface area contributed by atoms with E-state index in [1.54, 1.807) is 60.7 Å². The van der Waals surface area contributed by atoms with Crippen LogP contribution in [0.4, 0.5) is 0 Å². The Bertz CT molecular complexity index is 1260. The van der Waals surface area contributed by atoms with E-state index in [9.17, 15) is 19.5 Å². The second kappa shape index (κ2) is 9.62. The maximum Gasteiger partial charge on any atom is 0.335 e. The molecule has 7 heteroatoms. The Labute approximate surface area is 196 Å². The van der Waals surface area contributed by atoms with E-state index in [2.05, 4.69) is 0 Å². The van der Waals surface area contributed by atoms with E-state index in [4.69, 9.17) is 9.84 Å². The van der Waals surface area contributed by atoms with E-state index < -0.39 is 23.7 Å². The molecule has 0 saturated carbocycles. The lowest BCUT2D eigenvalue weighted by Crippen LogP contribution is -2.29. The molecule has 3 aromatic rings. The zero-order chi connectivity index (χ0) is 24.2. The molecule has 1 atom stereocenters. The van der Waals surface area contributed by atoms with Crippen molar-refractivity contribution >= 4 is 23.4 Å². The number of hydrogen-bond acceptors (Lipinski definition) is 5. The minimum atomic E-state index is -1.05. The first-order chi connectivity index (χ1) is 16.4. The lowest BCUT2D eigenvalue weighted by Gasteiger charge is -2.25. The zero-order valence-corrected chi connectivity index (χ0v) is 18.5. The number of carboxylic acid groups (broad SMARTS) is 1. The van der Waals surface area contributed by atoms with Gasteiger partial charge in [0.2, 0.25) is 0 Å². The van der Waals surface area contributed by atoms with Crippen LogP contribution in [0.25, 0.3) is 5.76 Å². The van der Waals surface area contributed by atoms with E-state index in [1.807, 2.05) is 13.0 Å². The number of carbonyl (C=O) groups excluding carboxylic acids is 2. The van der Waals surface area contributed by atoms with Gasteiger partial charge in [-0.05, 0) is 42.3 Å². The number of rotatable bonds is 7. The molecule has 1 fully saturated rings. The molecule has 0 aromatic heterocycles. The van der Waals surface area contributed by atoms with Crippen LogP contribution in [-0.2, 0) is 16.1 Å². The third-order valence-electron chi connectivity index (χ3n) is 5.63. The highest BCUT2D eigenvalue weighted by atomic mass is 16.5. The molecule has 1 amide bonds. The maximum absolute atomic E-state index is 13.1. The van der Waals surface area contributed by atoms with E-state index in [0.717, 1.165) is 0 Å². The number of nitrogens with zero attached hydrogens (tertiary/aromatic N) is 1. The number of Topliss-reactive ketones (excluding diaryl/α,β-unsaturated/α-hetero) is 1. The number of likely N-dealkylation sites (tertiary alicyclic amines) is 1. The van der Waals surface area contributed by atoms with Crippen LogP contribution in [0.3, 0.4) is 0 Å². The fourth-order valence-electron chi connectivity index (χ4n) is 4.03. The van der Waals surface area contributed by atoms with Gasteiger partial charge in [-0.3, -0.25) is 9.59 Å². The van der Waals surface area contributed by atoms with Crippen molar-refractivity contribution in [2.75, 3.05) is 6.61 Å². The van der Waals surface area contributed by atoms with Crippen molar-refractivity contribution < 1.29 is 29.3 Å². The summed E-state index contributed by atoms with van der Waals surface area (Å²) in [5, 5.41) is 20.3. The summed E-state index contributed by atoms with van der Waals surface area (Å²) >= 11 is 0. The Morgan fingerprint density at radius 3 is 2.26 bits per heavy atom. The van der Waals surface area contributed by atoms with Crippen molar-refractivity contribution in [2.24, 2.45) is 0 Å². The molecule has 0 aliphatic carbocycles. The Hall–Kier alpha value is -4.39. The average molecular weight is 457 g/mol. The van der Waals surface area contributed by atoms with Crippen LogP contribution in [-0.4, -0.2) is 39.4 Å². The van der Waals surface area contributed by atoms with Gasteiger partial charge in [-0.15, -0.1) is 0 Å². The average Bonchev–Trinajstić information content (AvgIpc) is 3.10. The minimum absolute atomic E-state index is 0.00740. The van der Waals surface area contributed by atoms with Gasteiger partial charge in [0.1, 0.15) is 11.5 Å². The molecule has 172 valence electrons. The van der Waals surface area contributed by atoms with Crippen LogP contribution >= 0.6 is 0 Å². The number of carbonyl (C=O) groups is 3. The summed E-state index contributed by atoms with van der Waals surface area (Å²) in [6, 6.07) is 21.0. The first kappa shape index (κ1) is 22.8. The molecule has 3 aromatic carbocycles. The number of aromatic carboxylic acids is 1. The van der Waals surface area contributed by atoms with Crippen LogP contribution in [0.5, 0.6) is 5.75 Å². The molecule has 1 heterocycles. The summed E-state index contributed by atoms with van der Waals surface area (Å²) in [5.41, 5.74) is 1.82. The van der Waals surface area contributed by atoms with Gasteiger partial charge in [-0.25, -0.2) is 4.79 Å². The number of hydrogen-bond donors (Lipinski definition) is 2. The fourth-order valence-corrected chi connectivity index (χ4v) is 4.03. The summed E-state index contributed by atoms with van der Waals surface area (Å²) in [6.07, 6.45) is 0. The molecule has 34 heavy (non-hydrogen) atoms. The summed E-state index contributed by atoms with van der Waals surface area (Å²) in [7, 11) is 0. The van der Waals surface area contributed by atoms with Crippen molar-refractivity contribution in [3.63, 3.8) is 0 Å². The van der Waals surface area contributed by atoms with Crippen molar-refractivity contribution in [2.45, 2.75) is 19.5 Å². The largest absolute Gasteiger partial charge is 0.507 e. The minimum Gasteiger partial charge on any atom is -0.507 e. The number of ketones is 1. The number of aliphatic hydroxyl groups excluding tert-OH is 1. The molecule has 2 N–H and O–H groups in total. The molecule has 1 unspecified atom stereocenters. The number of aliphatic hydroxyl groups is 1. The lowest BCUT2D eigenvalue weighted by molar-refractivity contribution is -0.140. The van der Waals surface area contributed by atoms with Gasteiger partial charge in [0.05, 0.1) is 23.8 Å². The van der Waals surface area contributed by atoms with Crippen LogP contribution < -0.4 is 4.74 Å². The van der Waals surface area contributed by atoms with E-state index in [1.165, 1.54) is 17.0 Å². The maximum atomic E-state index is 13.1. The normalized spacial score (nSPS) is 17.1. The van der Waals surface area contributed by atoms with Crippen molar-refractivity contribution in [1.82, 2.24) is 4.90 Å². The van der Waals surface area contributed by atoms with Gasteiger partial charge in [-0.1, -0.05) is 54.6 Å². The van der Waals surface area contributed by atoms with Crippen LogP contribution in [0.1, 0.15) is 40.0 Å². The topological polar surface area (TPSA) is 104 Å². The van der Waals surface area contributed by atoms with Crippen molar-refractivity contribution in [3.05, 3.63) is 107 Å². The SMILES string of the molecule is CCOc1cccc(/C(O)=C2\C(=O)C(=O)N(Cc3ccc(C(=O)O)cc3)C2c2ccccc2)c1. The van der Waals surface area contributed by atoms with Gasteiger partial charge in [-0.2, -0.15) is 0 Å². The van der Waals surface area contributed by atoms with Gasteiger partial charge in [0.15, 0.2) is 0 Å². The molecule has 1 aliphatic rings. The highest BCUT2D eigenvalue weighted by Gasteiger charge is 2.46. The predicted molar refractivity (Wildman–Crippen MR) is 125 cm³/mol. The smallest absolute Gasteiger partial charge is 0.335 e. The second-order valence-corrected chi connectivity index (χ2v) is 7.80. The first-order valence-corrected chi connectivity index (χ1v) is 10.8. The Balaban J connectivity index is 1.79. The molecular weight excluding hydrogens is 434 g/mol. The molecule has 1 aliphatic heterocycles. The standard InChI is InChI=1S/C27H23NO6/c1-2-34-21-10-6-9-20(15-21)24(29)22-23(18-7-4-3-5-8-18)28(26(31)25(22)30)16-17-11-13-19(14-12-17)27(32)33/h3-15,23,29H,2,16H2,1H3,(H,32,33)/b24-22+. The molecule has 0 spiro atoms. The molecule has 1 saturated heterocycles. The third-order valence-corrected chi connectivity index (χ3v) is 5.63. The van der Waals surface area contributed by atoms with Crippen LogP contribution in [0.15, 0.2) is 84.4 Å². The Morgan fingerprint density at radius 1 is 0.912 bits per heavy atom. The van der Waals surface area contributed by atoms with Crippen LogP contribution in [0.2, 0.25) is 0 Å². The number of benzene rings is 3. The third kappa shape index (κ3) is 4.41. The number of amides is 1. The molecule has 0 bridgehead atoms. The highest BCUT2D eigenvalue weighted by Crippen LogP contribution is 2.40. The summed E-state index contributed by atoms with van der Waals surface area (Å²) < 4.78 is 5.51. The van der Waals surface area contributed by atoms with E-state index >= 15 is 0 Å². The monoisotopic (exact) mass is 457 g/mol. The van der Waals surface area contributed by atoms with Crippen molar-refractivity contribution in [1.29, 1.82) is 0 Å². The van der Waals surface area contributed by atoms with E-state index in [0.29, 0.717) is 29.0 Å². The zero-order valence-electron chi connectivity index (χ0n) is 18.5. The number of carboxylic acids is 1. The van der Waals surface area contributed by atoms with Gasteiger partial charge in [0.25, 0.3) is 11.7 Å². The lowest BCUT2D eigenvalue weighted by atomic mass is 9.95. The predicted octanol–water partition coefficient (Wildman–Crippen LogP) is 4.41. The summed E-state index contributed by atoms with van der Waals surface area (Å²) in [5.74, 6) is -2.31. The van der Waals surface area contributed by atoms with Gasteiger partial charge >= 0.3 is 5.97 Å². The van der Waals surface area contributed by atoms with E-state index in [-0.39, 0.29) is 23.4 Å². The second-order valence-electron chi connectivity index (χ2n) is 7.80. The summed E-state index contributed by atoms with van der Waals surface area (Å²) in [4.78, 5) is 38.8. The molecule has 4 rings (SSSR count). The fraction of sp³-hybridized carbons (Fsp3) is 0.148. The quantitative estimate of drug-likeness (QED) is 0.310. The van der Waals surface area contributed by atoms with Crippen LogP contribution in [0, 0.1) is 0 Å². The highest BCUT2D eigenvalue weighted by molar-refractivity contribution is 6.46. The van der Waals surface area contributed by atoms with Crippen molar-refractivity contribution in [3.8, 4) is 5.75 Å². The Morgan fingerprint density at radius 2 is 1.62 bits per heavy atom. The van der Waals surface area contributed by atoms with Gasteiger partial charge in [0, 0.05) is 12.1 Å². The van der Waals surface area contributed by atoms with Gasteiger partial charge < -0.3 is 19.8 Å². The first-order valence-electron chi connectivity index (χ1n) is 10.8. The molecular formula is C27H23NO6.